The van der Waals surface area contributed by atoms with Gasteiger partial charge in [0.15, 0.2) is 23.2 Å². The lowest BCUT2D eigenvalue weighted by molar-refractivity contribution is 0.669. The second-order valence-electron chi connectivity index (χ2n) is 16.5. The fraction of sp³-hybridized carbons (Fsp3) is 0.0167. The van der Waals surface area contributed by atoms with Gasteiger partial charge < -0.3 is 4.42 Å². The third-order valence-electron chi connectivity index (χ3n) is 12.7. The van der Waals surface area contributed by atoms with Crippen molar-refractivity contribution in [3.63, 3.8) is 0 Å². The fourth-order valence-electron chi connectivity index (χ4n) is 9.44. The summed E-state index contributed by atoms with van der Waals surface area (Å²) in [6, 6.07) is 72.7. The molecule has 1 atom stereocenters. The van der Waals surface area contributed by atoms with Crippen LogP contribution in [-0.2, 0) is 0 Å². The predicted octanol–water partition coefficient (Wildman–Crippen LogP) is 15.4. The molecule has 0 spiro atoms. The number of rotatable bonds is 7. The molecule has 0 aliphatic heterocycles. The minimum atomic E-state index is -0.225. The van der Waals surface area contributed by atoms with Crippen molar-refractivity contribution in [1.82, 2.24) is 15.0 Å². The van der Waals surface area contributed by atoms with E-state index in [0.29, 0.717) is 28.7 Å². The summed E-state index contributed by atoms with van der Waals surface area (Å²) in [5.74, 6) is 1.51. The maximum atomic E-state index is 9.59. The molecule has 0 fully saturated rings. The van der Waals surface area contributed by atoms with Gasteiger partial charge in [0.1, 0.15) is 11.2 Å². The number of para-hydroxylation sites is 1. The van der Waals surface area contributed by atoms with Gasteiger partial charge in [0, 0.05) is 33.4 Å². The molecule has 6 heteroatoms. The quantitative estimate of drug-likeness (QED) is 0.149. The summed E-state index contributed by atoms with van der Waals surface area (Å²) in [7, 11) is 0. The summed E-state index contributed by atoms with van der Waals surface area (Å²) in [4.78, 5) is 19.4. The van der Waals surface area contributed by atoms with Crippen LogP contribution in [-0.4, -0.2) is 15.0 Å². The second-order valence-corrected chi connectivity index (χ2v) is 16.5. The van der Waals surface area contributed by atoms with E-state index in [2.05, 4.69) is 89.8 Å². The van der Waals surface area contributed by atoms with Gasteiger partial charge in [-0.2, -0.15) is 5.26 Å². The molecule has 1 aliphatic rings. The minimum absolute atomic E-state index is 0.225. The van der Waals surface area contributed by atoms with Crippen LogP contribution in [0, 0.1) is 17.9 Å². The Balaban J connectivity index is 1.12. The van der Waals surface area contributed by atoms with Crippen LogP contribution in [0.4, 0.5) is 5.69 Å². The summed E-state index contributed by atoms with van der Waals surface area (Å²) < 4.78 is 6.25. The Morgan fingerprint density at radius 1 is 0.409 bits per heavy atom. The van der Waals surface area contributed by atoms with Crippen LogP contribution in [0.25, 0.3) is 105 Å². The number of hydrogen-bond donors (Lipinski definition) is 0. The van der Waals surface area contributed by atoms with E-state index in [-0.39, 0.29) is 5.92 Å². The molecule has 306 valence electrons. The average Bonchev–Trinajstić information content (AvgIpc) is 3.93. The van der Waals surface area contributed by atoms with Gasteiger partial charge in [-0.05, 0) is 110 Å². The van der Waals surface area contributed by atoms with Crippen molar-refractivity contribution in [3.05, 3.63) is 240 Å². The molecular formula is C60H35N5O. The van der Waals surface area contributed by atoms with Gasteiger partial charge in [0.25, 0.3) is 0 Å². The van der Waals surface area contributed by atoms with Crippen LogP contribution in [0.1, 0.15) is 28.2 Å². The molecule has 0 amide bonds. The zero-order valence-corrected chi connectivity index (χ0v) is 35.4. The number of nitriles is 1. The molecule has 1 aliphatic carbocycles. The highest BCUT2D eigenvalue weighted by Gasteiger charge is 2.33. The molecule has 0 radical (unpaired) electrons. The third-order valence-corrected chi connectivity index (χ3v) is 12.7. The summed E-state index contributed by atoms with van der Waals surface area (Å²) in [5.41, 5.74) is 17.5. The highest BCUT2D eigenvalue weighted by atomic mass is 16.3. The van der Waals surface area contributed by atoms with Crippen LogP contribution >= 0.6 is 0 Å². The number of fused-ring (bicyclic) bond motifs is 6. The van der Waals surface area contributed by atoms with Crippen LogP contribution in [0.15, 0.2) is 211 Å². The molecule has 12 rings (SSSR count). The van der Waals surface area contributed by atoms with E-state index in [0.717, 1.165) is 99.8 Å². The molecule has 11 aromatic rings. The van der Waals surface area contributed by atoms with Crippen molar-refractivity contribution in [2.24, 2.45) is 0 Å². The van der Waals surface area contributed by atoms with Gasteiger partial charge in [-0.1, -0.05) is 158 Å². The van der Waals surface area contributed by atoms with Crippen LogP contribution in [0.3, 0.4) is 0 Å². The zero-order chi connectivity index (χ0) is 44.1. The Labute approximate surface area is 381 Å². The van der Waals surface area contributed by atoms with Crippen molar-refractivity contribution in [3.8, 4) is 84.7 Å². The van der Waals surface area contributed by atoms with E-state index in [4.69, 9.17) is 25.9 Å². The van der Waals surface area contributed by atoms with Gasteiger partial charge >= 0.3 is 0 Å². The molecule has 2 heterocycles. The van der Waals surface area contributed by atoms with Crippen molar-refractivity contribution in [2.75, 3.05) is 0 Å². The lowest BCUT2D eigenvalue weighted by Crippen LogP contribution is -2.06. The molecule has 1 unspecified atom stereocenters. The van der Waals surface area contributed by atoms with E-state index in [1.165, 1.54) is 0 Å². The van der Waals surface area contributed by atoms with Crippen LogP contribution in [0.2, 0.25) is 0 Å². The predicted molar refractivity (Wildman–Crippen MR) is 264 cm³/mol. The highest BCUT2D eigenvalue weighted by molar-refractivity contribution is 6.06. The van der Waals surface area contributed by atoms with E-state index >= 15 is 0 Å². The first-order valence-electron chi connectivity index (χ1n) is 21.8. The maximum Gasteiger partial charge on any atom is 0.187 e. The van der Waals surface area contributed by atoms with E-state index in [9.17, 15) is 5.26 Å². The number of hydrogen-bond acceptors (Lipinski definition) is 5. The molecule has 0 N–H and O–H groups in total. The normalized spacial score (nSPS) is 12.7. The van der Waals surface area contributed by atoms with Gasteiger partial charge in [-0.15, -0.1) is 0 Å². The summed E-state index contributed by atoms with van der Waals surface area (Å²) in [6.45, 7) is 7.55. The van der Waals surface area contributed by atoms with Gasteiger partial charge in [-0.25, -0.2) is 19.8 Å². The van der Waals surface area contributed by atoms with E-state index < -0.39 is 0 Å². The second kappa shape index (κ2) is 15.8. The van der Waals surface area contributed by atoms with E-state index in [1.807, 2.05) is 127 Å². The lowest BCUT2D eigenvalue weighted by atomic mass is 9.83. The van der Waals surface area contributed by atoms with Crippen molar-refractivity contribution in [2.45, 2.75) is 5.92 Å². The van der Waals surface area contributed by atoms with Crippen LogP contribution < -0.4 is 0 Å². The molecule has 2 aromatic heterocycles. The minimum Gasteiger partial charge on any atom is -0.456 e. The monoisotopic (exact) mass is 841 g/mol. The molecule has 66 heavy (non-hydrogen) atoms. The molecule has 0 saturated carbocycles. The summed E-state index contributed by atoms with van der Waals surface area (Å²) in [6.07, 6.45) is 0. The highest BCUT2D eigenvalue weighted by Crippen LogP contribution is 2.52. The SMILES string of the molecule is [C-]#[N+]c1ccc(-c2ccc3c(c2)C(c2ccc(-c4ccc5oc6ccccc6c5c4)cc2-c2nc(-c4ccccc4)nc(-c4ccccc4)n2)c2cc(-c4ccc(C#N)cc4)ccc2-3)cc1. The van der Waals surface area contributed by atoms with Crippen molar-refractivity contribution >= 4 is 27.6 Å². The number of furan rings is 1. The number of benzene rings is 9. The Kier molecular flexibility index (Phi) is 9.23. The Bertz CT molecular complexity index is 3600. The Morgan fingerprint density at radius 3 is 1.53 bits per heavy atom. The topological polar surface area (TPSA) is 80.0 Å². The number of aromatic nitrogens is 3. The number of nitrogens with zero attached hydrogens (tertiary/aromatic N) is 5. The molecular weight excluding hydrogens is 807 g/mol. The third kappa shape index (κ3) is 6.70. The first-order valence-corrected chi connectivity index (χ1v) is 21.8. The molecule has 0 saturated heterocycles. The summed E-state index contributed by atoms with van der Waals surface area (Å²) in [5, 5.41) is 11.7. The largest absolute Gasteiger partial charge is 0.456 e. The first kappa shape index (κ1) is 38.4. The summed E-state index contributed by atoms with van der Waals surface area (Å²) >= 11 is 0. The van der Waals surface area contributed by atoms with Gasteiger partial charge in [-0.3, -0.25) is 0 Å². The Morgan fingerprint density at radius 2 is 0.909 bits per heavy atom. The van der Waals surface area contributed by atoms with Gasteiger partial charge in [0.2, 0.25) is 0 Å². The fourth-order valence-corrected chi connectivity index (χ4v) is 9.44. The van der Waals surface area contributed by atoms with Crippen molar-refractivity contribution < 1.29 is 4.42 Å². The van der Waals surface area contributed by atoms with Crippen LogP contribution in [0.5, 0.6) is 0 Å². The molecule has 6 nitrogen and oxygen atoms in total. The van der Waals surface area contributed by atoms with Crippen molar-refractivity contribution in [1.29, 1.82) is 5.26 Å². The van der Waals surface area contributed by atoms with E-state index in [1.54, 1.807) is 0 Å². The maximum absolute atomic E-state index is 9.59. The Hall–Kier alpha value is -9.23. The lowest BCUT2D eigenvalue weighted by Gasteiger charge is -2.21. The molecule has 0 bridgehead atoms. The standard InChI is InChI=1S/C60H35N5O/c1-62-46-26-20-39(21-27-46)43-23-29-48-47-28-22-42(38-18-16-37(36-61)17-19-38)33-52(47)57(53(48)34-43)50-30-24-44(45-25-31-56-51(32-45)49-14-8-9-15-55(49)66-56)35-54(50)60-64-58(40-10-4-2-5-11-40)63-59(65-60)41-12-6-3-7-13-41/h2-35,57H. The van der Waals surface area contributed by atoms with Gasteiger partial charge in [0.05, 0.1) is 18.2 Å². The average molecular weight is 842 g/mol. The molecule has 9 aromatic carbocycles. The first-order chi connectivity index (χ1) is 32.6. The smallest absolute Gasteiger partial charge is 0.187 e. The zero-order valence-electron chi connectivity index (χ0n) is 35.4.